The molecule has 0 heterocycles. The summed E-state index contributed by atoms with van der Waals surface area (Å²) in [6, 6.07) is 11.1. The Hall–Kier alpha value is -2.29. The Kier molecular flexibility index (Phi) is 11.1. The van der Waals surface area contributed by atoms with Gasteiger partial charge in [-0.1, -0.05) is 74.7 Å². The molecule has 0 aliphatic carbocycles. The average molecular weight is 557 g/mol. The number of para-hydroxylation sites is 1. The van der Waals surface area contributed by atoms with Crippen LogP contribution in [0.3, 0.4) is 0 Å². The molecule has 2 aromatic carbocycles. The van der Waals surface area contributed by atoms with Gasteiger partial charge in [-0.3, -0.25) is 13.9 Å². The molecule has 2 aromatic rings. The molecule has 0 aliphatic rings. The third-order valence-electron chi connectivity index (χ3n) is 5.86. The number of sulfonamides is 1. The molecule has 0 saturated carbocycles. The number of anilines is 1. The van der Waals surface area contributed by atoms with Crippen LogP contribution in [0.1, 0.15) is 57.6 Å². The minimum atomic E-state index is -3.81. The van der Waals surface area contributed by atoms with Crippen molar-refractivity contribution in [3.8, 4) is 0 Å². The van der Waals surface area contributed by atoms with Crippen molar-refractivity contribution in [2.45, 2.75) is 59.0 Å². The average Bonchev–Trinajstić information content (AvgIpc) is 2.80. The van der Waals surface area contributed by atoms with Gasteiger partial charge in [0.15, 0.2) is 0 Å². The maximum absolute atomic E-state index is 13.7. The second-order valence-electron chi connectivity index (χ2n) is 9.06. The molecule has 0 aromatic heterocycles. The highest BCUT2D eigenvalue weighted by Crippen LogP contribution is 2.29. The van der Waals surface area contributed by atoms with E-state index in [9.17, 15) is 18.0 Å². The van der Waals surface area contributed by atoms with Crippen LogP contribution >= 0.6 is 23.2 Å². The summed E-state index contributed by atoms with van der Waals surface area (Å²) in [5.74, 6) is -0.814. The van der Waals surface area contributed by atoms with Crippen LogP contribution in [0.2, 0.25) is 10.0 Å². The Labute approximate surface area is 224 Å². The number of unbranched alkanes of at least 4 members (excludes halogenated alkanes) is 1. The van der Waals surface area contributed by atoms with Crippen LogP contribution in [0.5, 0.6) is 0 Å². The van der Waals surface area contributed by atoms with Crippen molar-refractivity contribution in [3.05, 3.63) is 63.6 Å². The van der Waals surface area contributed by atoms with Gasteiger partial charge in [-0.25, -0.2) is 8.42 Å². The lowest BCUT2D eigenvalue weighted by Gasteiger charge is -2.32. The lowest BCUT2D eigenvalue weighted by atomic mass is 10.0. The number of nitrogens with one attached hydrogen (secondary N) is 1. The molecule has 2 amide bonds. The standard InChI is InChI=1S/C26H35Cl2N3O4S/c1-6-7-14-29-26(33)19(4)30(16-20-12-13-21(27)15-23(20)28)25(32)17-31(36(5,34)35)24-11-9-8-10-22(24)18(2)3/h8-13,15,18-19H,6-7,14,16-17H2,1-5H3,(H,29,33). The predicted octanol–water partition coefficient (Wildman–Crippen LogP) is 5.22. The highest BCUT2D eigenvalue weighted by molar-refractivity contribution is 7.92. The summed E-state index contributed by atoms with van der Waals surface area (Å²) in [6.07, 6.45) is 2.79. The zero-order chi connectivity index (χ0) is 27.0. The third kappa shape index (κ3) is 8.11. The summed E-state index contributed by atoms with van der Waals surface area (Å²) in [4.78, 5) is 27.9. The van der Waals surface area contributed by atoms with E-state index in [0.29, 0.717) is 27.8 Å². The number of hydrogen-bond acceptors (Lipinski definition) is 4. The number of rotatable bonds is 12. The molecule has 1 unspecified atom stereocenters. The number of nitrogens with zero attached hydrogens (tertiary/aromatic N) is 2. The van der Waals surface area contributed by atoms with Gasteiger partial charge in [-0.15, -0.1) is 0 Å². The molecular weight excluding hydrogens is 521 g/mol. The molecule has 0 fully saturated rings. The molecule has 0 bridgehead atoms. The van der Waals surface area contributed by atoms with Gasteiger partial charge >= 0.3 is 0 Å². The van der Waals surface area contributed by atoms with E-state index in [2.05, 4.69) is 5.32 Å². The fourth-order valence-electron chi connectivity index (χ4n) is 3.75. The molecule has 0 aliphatic heterocycles. The first-order valence-electron chi connectivity index (χ1n) is 11.9. The fourth-order valence-corrected chi connectivity index (χ4v) is 5.09. The topological polar surface area (TPSA) is 86.8 Å². The number of amides is 2. The summed E-state index contributed by atoms with van der Waals surface area (Å²) < 4.78 is 26.8. The Balaban J connectivity index is 2.45. The van der Waals surface area contributed by atoms with Crippen LogP contribution in [0.4, 0.5) is 5.69 Å². The van der Waals surface area contributed by atoms with Gasteiger partial charge in [0, 0.05) is 23.1 Å². The first kappa shape index (κ1) is 29.9. The highest BCUT2D eigenvalue weighted by Gasteiger charge is 2.31. The smallest absolute Gasteiger partial charge is 0.244 e. The Morgan fingerprint density at radius 3 is 2.31 bits per heavy atom. The normalized spacial score (nSPS) is 12.3. The number of carbonyl (C=O) groups is 2. The minimum Gasteiger partial charge on any atom is -0.354 e. The summed E-state index contributed by atoms with van der Waals surface area (Å²) in [5, 5.41) is 3.64. The molecule has 7 nitrogen and oxygen atoms in total. The van der Waals surface area contributed by atoms with Crippen molar-refractivity contribution in [2.24, 2.45) is 0 Å². The first-order valence-corrected chi connectivity index (χ1v) is 14.5. The van der Waals surface area contributed by atoms with E-state index in [0.717, 1.165) is 29.0 Å². The molecule has 2 rings (SSSR count). The molecule has 0 spiro atoms. The summed E-state index contributed by atoms with van der Waals surface area (Å²) in [5.41, 5.74) is 1.83. The van der Waals surface area contributed by atoms with Gasteiger partial charge in [0.25, 0.3) is 0 Å². The van der Waals surface area contributed by atoms with Gasteiger partial charge in [0.05, 0.1) is 11.9 Å². The van der Waals surface area contributed by atoms with Gasteiger partial charge < -0.3 is 10.2 Å². The Morgan fingerprint density at radius 1 is 1.06 bits per heavy atom. The molecule has 10 heteroatoms. The monoisotopic (exact) mass is 555 g/mol. The second kappa shape index (κ2) is 13.3. The number of halogens is 2. The Bertz CT molecular complexity index is 1170. The SMILES string of the molecule is CCCCNC(=O)C(C)N(Cc1ccc(Cl)cc1Cl)C(=O)CN(c1ccccc1C(C)C)S(C)(=O)=O. The van der Waals surface area contributed by atoms with Crippen LogP contribution in [0.25, 0.3) is 0 Å². The zero-order valence-corrected chi connectivity index (χ0v) is 23.8. The van der Waals surface area contributed by atoms with Crippen molar-refractivity contribution < 1.29 is 18.0 Å². The molecule has 0 radical (unpaired) electrons. The van der Waals surface area contributed by atoms with E-state index in [-0.39, 0.29) is 18.4 Å². The minimum absolute atomic E-state index is 0.0145. The van der Waals surface area contributed by atoms with E-state index in [1.807, 2.05) is 32.9 Å². The van der Waals surface area contributed by atoms with Crippen LogP contribution in [-0.4, -0.2) is 50.5 Å². The van der Waals surface area contributed by atoms with Gasteiger partial charge in [0.1, 0.15) is 12.6 Å². The summed E-state index contributed by atoms with van der Waals surface area (Å²) in [6.45, 7) is 7.59. The first-order chi connectivity index (χ1) is 16.9. The number of carbonyl (C=O) groups excluding carboxylic acids is 2. The largest absolute Gasteiger partial charge is 0.354 e. The van der Waals surface area contributed by atoms with E-state index in [4.69, 9.17) is 23.2 Å². The van der Waals surface area contributed by atoms with Crippen molar-refractivity contribution in [3.63, 3.8) is 0 Å². The van der Waals surface area contributed by atoms with Gasteiger partial charge in [-0.05, 0) is 48.6 Å². The predicted molar refractivity (Wildman–Crippen MR) is 147 cm³/mol. The summed E-state index contributed by atoms with van der Waals surface area (Å²) in [7, 11) is -3.81. The van der Waals surface area contributed by atoms with Crippen molar-refractivity contribution in [1.29, 1.82) is 0 Å². The zero-order valence-electron chi connectivity index (χ0n) is 21.4. The van der Waals surface area contributed by atoms with Gasteiger partial charge in [0.2, 0.25) is 21.8 Å². The van der Waals surface area contributed by atoms with Crippen LogP contribution in [-0.2, 0) is 26.2 Å². The maximum atomic E-state index is 13.7. The van der Waals surface area contributed by atoms with Crippen LogP contribution < -0.4 is 9.62 Å². The Morgan fingerprint density at radius 2 is 1.72 bits per heavy atom. The van der Waals surface area contributed by atoms with Crippen molar-refractivity contribution >= 4 is 50.7 Å². The van der Waals surface area contributed by atoms with Gasteiger partial charge in [-0.2, -0.15) is 0 Å². The van der Waals surface area contributed by atoms with E-state index < -0.39 is 28.5 Å². The van der Waals surface area contributed by atoms with E-state index in [1.54, 1.807) is 37.3 Å². The molecule has 36 heavy (non-hydrogen) atoms. The molecule has 1 N–H and O–H groups in total. The maximum Gasteiger partial charge on any atom is 0.244 e. The molecule has 198 valence electrons. The lowest BCUT2D eigenvalue weighted by Crippen LogP contribution is -2.51. The van der Waals surface area contributed by atoms with E-state index in [1.165, 1.54) is 4.90 Å². The van der Waals surface area contributed by atoms with Crippen molar-refractivity contribution in [1.82, 2.24) is 10.2 Å². The molecular formula is C26H35Cl2N3O4S. The third-order valence-corrected chi connectivity index (χ3v) is 7.57. The quantitative estimate of drug-likeness (QED) is 0.364. The lowest BCUT2D eigenvalue weighted by molar-refractivity contribution is -0.139. The molecule has 0 saturated heterocycles. The fraction of sp³-hybridized carbons (Fsp3) is 0.462. The van der Waals surface area contributed by atoms with E-state index >= 15 is 0 Å². The number of benzene rings is 2. The molecule has 1 atom stereocenters. The van der Waals surface area contributed by atoms with Crippen molar-refractivity contribution in [2.75, 3.05) is 23.7 Å². The number of hydrogen-bond donors (Lipinski definition) is 1. The van der Waals surface area contributed by atoms with Crippen LogP contribution in [0, 0.1) is 0 Å². The highest BCUT2D eigenvalue weighted by atomic mass is 35.5. The summed E-state index contributed by atoms with van der Waals surface area (Å²) >= 11 is 12.4. The van der Waals surface area contributed by atoms with Crippen LogP contribution in [0.15, 0.2) is 42.5 Å². The second-order valence-corrected chi connectivity index (χ2v) is 11.8.